The normalized spacial score (nSPS) is 28.2. The maximum absolute atomic E-state index is 5.77. The Morgan fingerprint density at radius 3 is 2.61 bits per heavy atom. The number of rotatable bonds is 5. The molecule has 2 atom stereocenters. The lowest BCUT2D eigenvalue weighted by Gasteiger charge is -2.19. The molecule has 1 saturated carbocycles. The van der Waals surface area contributed by atoms with E-state index in [2.05, 4.69) is 24.3 Å². The van der Waals surface area contributed by atoms with E-state index in [1.807, 2.05) is 6.07 Å². The van der Waals surface area contributed by atoms with Gasteiger partial charge >= 0.3 is 0 Å². The maximum Gasteiger partial charge on any atom is 0.108 e. The molecule has 2 aliphatic rings. The highest BCUT2D eigenvalue weighted by molar-refractivity contribution is 5.13. The van der Waals surface area contributed by atoms with E-state index in [-0.39, 0.29) is 0 Å². The van der Waals surface area contributed by atoms with Gasteiger partial charge in [0.1, 0.15) is 6.10 Å². The van der Waals surface area contributed by atoms with Crippen LogP contribution in [-0.4, -0.2) is 18.8 Å². The third-order valence-corrected chi connectivity index (χ3v) is 4.13. The van der Waals surface area contributed by atoms with Crippen molar-refractivity contribution in [3.05, 3.63) is 35.9 Å². The fourth-order valence-electron chi connectivity index (χ4n) is 3.04. The molecule has 1 aliphatic heterocycles. The van der Waals surface area contributed by atoms with Crippen molar-refractivity contribution < 1.29 is 9.47 Å². The highest BCUT2D eigenvalue weighted by atomic mass is 16.6. The minimum absolute atomic E-state index is 0.372. The van der Waals surface area contributed by atoms with E-state index in [0.29, 0.717) is 18.8 Å². The SMILES string of the molecule is c1ccc(COC[C@@H]2O[C@H]2C2CCCCC2)cc1. The molecule has 1 aromatic carbocycles. The van der Waals surface area contributed by atoms with Crippen molar-refractivity contribution in [1.29, 1.82) is 0 Å². The molecular formula is C16H22O2. The second kappa shape index (κ2) is 5.85. The van der Waals surface area contributed by atoms with Gasteiger partial charge in [0.25, 0.3) is 0 Å². The summed E-state index contributed by atoms with van der Waals surface area (Å²) in [5.74, 6) is 0.809. The molecular weight excluding hydrogens is 224 g/mol. The molecule has 0 aromatic heterocycles. The molecule has 2 nitrogen and oxygen atoms in total. The summed E-state index contributed by atoms with van der Waals surface area (Å²) in [5, 5.41) is 0. The summed E-state index contributed by atoms with van der Waals surface area (Å²) in [5.41, 5.74) is 1.24. The van der Waals surface area contributed by atoms with Crippen molar-refractivity contribution in [3.63, 3.8) is 0 Å². The summed E-state index contributed by atoms with van der Waals surface area (Å²) in [7, 11) is 0. The van der Waals surface area contributed by atoms with Crippen molar-refractivity contribution in [2.45, 2.75) is 50.9 Å². The first kappa shape index (κ1) is 12.2. The Bertz CT molecular complexity index is 357. The van der Waals surface area contributed by atoms with E-state index in [1.165, 1.54) is 37.7 Å². The zero-order chi connectivity index (χ0) is 12.2. The molecule has 1 heterocycles. The lowest BCUT2D eigenvalue weighted by atomic mass is 9.86. The van der Waals surface area contributed by atoms with Crippen LogP contribution >= 0.6 is 0 Å². The molecule has 1 aromatic rings. The molecule has 0 unspecified atom stereocenters. The van der Waals surface area contributed by atoms with Crippen LogP contribution in [0, 0.1) is 5.92 Å². The topological polar surface area (TPSA) is 21.8 Å². The van der Waals surface area contributed by atoms with E-state index in [1.54, 1.807) is 0 Å². The van der Waals surface area contributed by atoms with Crippen molar-refractivity contribution in [2.24, 2.45) is 5.92 Å². The fraction of sp³-hybridized carbons (Fsp3) is 0.625. The number of ether oxygens (including phenoxy) is 2. The number of hydrogen-bond acceptors (Lipinski definition) is 2. The summed E-state index contributed by atoms with van der Waals surface area (Å²) >= 11 is 0. The molecule has 18 heavy (non-hydrogen) atoms. The van der Waals surface area contributed by atoms with Crippen molar-refractivity contribution in [2.75, 3.05) is 6.61 Å². The summed E-state index contributed by atoms with van der Waals surface area (Å²) in [4.78, 5) is 0. The van der Waals surface area contributed by atoms with Gasteiger partial charge in [0.2, 0.25) is 0 Å². The fourth-order valence-corrected chi connectivity index (χ4v) is 3.04. The first-order chi connectivity index (χ1) is 8.93. The molecule has 0 bridgehead atoms. The lowest BCUT2D eigenvalue weighted by molar-refractivity contribution is 0.104. The Morgan fingerprint density at radius 1 is 1.06 bits per heavy atom. The molecule has 2 fully saturated rings. The Balaban J connectivity index is 1.36. The second-order valence-electron chi connectivity index (χ2n) is 5.54. The molecule has 1 saturated heterocycles. The largest absolute Gasteiger partial charge is 0.374 e. The monoisotopic (exact) mass is 246 g/mol. The first-order valence-electron chi connectivity index (χ1n) is 7.20. The quantitative estimate of drug-likeness (QED) is 0.741. The van der Waals surface area contributed by atoms with Gasteiger partial charge in [0.15, 0.2) is 0 Å². The molecule has 1 aliphatic carbocycles. The van der Waals surface area contributed by atoms with Gasteiger partial charge in [-0.25, -0.2) is 0 Å². The van der Waals surface area contributed by atoms with Crippen molar-refractivity contribution in [1.82, 2.24) is 0 Å². The Morgan fingerprint density at radius 2 is 1.83 bits per heavy atom. The standard InChI is InChI=1S/C16H22O2/c1-3-7-13(8-4-1)11-17-12-15-16(18-15)14-9-5-2-6-10-14/h1,3-4,7-8,14-16H,2,5-6,9-12H2/t15-,16-/m0/s1. The van der Waals surface area contributed by atoms with E-state index in [4.69, 9.17) is 9.47 Å². The molecule has 0 N–H and O–H groups in total. The second-order valence-corrected chi connectivity index (χ2v) is 5.54. The number of benzene rings is 1. The third-order valence-electron chi connectivity index (χ3n) is 4.13. The van der Waals surface area contributed by atoms with Crippen LogP contribution in [0.3, 0.4) is 0 Å². The van der Waals surface area contributed by atoms with Crippen LogP contribution in [-0.2, 0) is 16.1 Å². The van der Waals surface area contributed by atoms with E-state index < -0.39 is 0 Å². The highest BCUT2D eigenvalue weighted by Crippen LogP contribution is 2.38. The minimum Gasteiger partial charge on any atom is -0.374 e. The molecule has 0 spiro atoms. The Hall–Kier alpha value is -0.860. The Labute approximate surface area is 109 Å². The van der Waals surface area contributed by atoms with Crippen LogP contribution in [0.2, 0.25) is 0 Å². The third kappa shape index (κ3) is 3.12. The Kier molecular flexibility index (Phi) is 3.96. The predicted octanol–water partition coefficient (Wildman–Crippen LogP) is 3.55. The number of epoxide rings is 1. The van der Waals surface area contributed by atoms with Gasteiger partial charge in [-0.15, -0.1) is 0 Å². The summed E-state index contributed by atoms with van der Waals surface area (Å²) in [6, 6.07) is 10.3. The van der Waals surface area contributed by atoms with Gasteiger partial charge in [0, 0.05) is 0 Å². The van der Waals surface area contributed by atoms with E-state index in [9.17, 15) is 0 Å². The molecule has 0 radical (unpaired) electrons. The highest BCUT2D eigenvalue weighted by Gasteiger charge is 2.44. The van der Waals surface area contributed by atoms with Gasteiger partial charge in [-0.1, -0.05) is 49.6 Å². The smallest absolute Gasteiger partial charge is 0.108 e. The zero-order valence-corrected chi connectivity index (χ0v) is 10.9. The van der Waals surface area contributed by atoms with E-state index >= 15 is 0 Å². The van der Waals surface area contributed by atoms with Crippen LogP contribution in [0.25, 0.3) is 0 Å². The van der Waals surface area contributed by atoms with Gasteiger partial charge in [0.05, 0.1) is 19.3 Å². The molecule has 98 valence electrons. The molecule has 2 heteroatoms. The maximum atomic E-state index is 5.77. The molecule has 0 amide bonds. The zero-order valence-electron chi connectivity index (χ0n) is 10.9. The molecule has 3 rings (SSSR count). The van der Waals surface area contributed by atoms with Crippen molar-refractivity contribution in [3.8, 4) is 0 Å². The van der Waals surface area contributed by atoms with E-state index in [0.717, 1.165) is 12.5 Å². The van der Waals surface area contributed by atoms with Crippen LogP contribution < -0.4 is 0 Å². The van der Waals surface area contributed by atoms with Gasteiger partial charge in [-0.2, -0.15) is 0 Å². The van der Waals surface area contributed by atoms with Gasteiger partial charge < -0.3 is 9.47 Å². The van der Waals surface area contributed by atoms with Crippen LogP contribution in [0.4, 0.5) is 0 Å². The van der Waals surface area contributed by atoms with Gasteiger partial charge in [-0.3, -0.25) is 0 Å². The van der Waals surface area contributed by atoms with Crippen LogP contribution in [0.5, 0.6) is 0 Å². The van der Waals surface area contributed by atoms with Gasteiger partial charge in [-0.05, 0) is 24.3 Å². The minimum atomic E-state index is 0.372. The average Bonchev–Trinajstić information content (AvgIpc) is 3.21. The summed E-state index contributed by atoms with van der Waals surface area (Å²) < 4.78 is 11.5. The lowest BCUT2D eigenvalue weighted by Crippen LogP contribution is -2.16. The summed E-state index contributed by atoms with van der Waals surface area (Å²) in [6.07, 6.45) is 7.79. The first-order valence-corrected chi connectivity index (χ1v) is 7.20. The van der Waals surface area contributed by atoms with Crippen molar-refractivity contribution >= 4 is 0 Å². The number of hydrogen-bond donors (Lipinski definition) is 0. The predicted molar refractivity (Wildman–Crippen MR) is 71.3 cm³/mol. The van der Waals surface area contributed by atoms with Crippen LogP contribution in [0.15, 0.2) is 30.3 Å². The summed E-state index contributed by atoms with van der Waals surface area (Å²) in [6.45, 7) is 1.47. The average molecular weight is 246 g/mol. The van der Waals surface area contributed by atoms with Crippen LogP contribution in [0.1, 0.15) is 37.7 Å².